The molecule has 124 valence electrons. The van der Waals surface area contributed by atoms with Crippen molar-refractivity contribution in [1.29, 1.82) is 0 Å². The number of ether oxygens (including phenoxy) is 1. The minimum atomic E-state index is -0.290. The van der Waals surface area contributed by atoms with Gasteiger partial charge in [0.2, 0.25) is 0 Å². The second-order valence-electron chi connectivity index (χ2n) is 5.12. The van der Waals surface area contributed by atoms with Crippen LogP contribution in [0, 0.1) is 11.6 Å². The maximum Gasteiger partial charge on any atom is 0.133 e. The van der Waals surface area contributed by atoms with Crippen molar-refractivity contribution in [3.8, 4) is 11.5 Å². The topological polar surface area (TPSA) is 9.23 Å². The van der Waals surface area contributed by atoms with Crippen LogP contribution < -0.4 is 4.74 Å². The molecule has 0 radical (unpaired) electrons. The van der Waals surface area contributed by atoms with Crippen molar-refractivity contribution in [1.82, 2.24) is 0 Å². The molecule has 0 aliphatic carbocycles. The summed E-state index contributed by atoms with van der Waals surface area (Å²) < 4.78 is 34.1. The van der Waals surface area contributed by atoms with E-state index in [2.05, 4.69) is 31.9 Å². The van der Waals surface area contributed by atoms with Crippen LogP contribution >= 0.6 is 31.9 Å². The van der Waals surface area contributed by atoms with Gasteiger partial charge in [0.25, 0.3) is 0 Å². The first-order valence-electron chi connectivity index (χ1n) is 7.52. The highest BCUT2D eigenvalue weighted by Crippen LogP contribution is 2.32. The van der Waals surface area contributed by atoms with Crippen LogP contribution in [0.15, 0.2) is 36.4 Å². The summed E-state index contributed by atoms with van der Waals surface area (Å²) in [5, 5.41) is 1.58. The van der Waals surface area contributed by atoms with Crippen LogP contribution in [0.3, 0.4) is 0 Å². The summed E-state index contributed by atoms with van der Waals surface area (Å²) in [5.41, 5.74) is 1.06. The van der Waals surface area contributed by atoms with Crippen LogP contribution in [0.4, 0.5) is 8.78 Å². The lowest BCUT2D eigenvalue weighted by atomic mass is 10.1. The molecular formula is C18H18Br2F2O. The van der Waals surface area contributed by atoms with E-state index in [-0.39, 0.29) is 11.6 Å². The lowest BCUT2D eigenvalue weighted by molar-refractivity contribution is 0.453. The molecule has 0 fully saturated rings. The maximum atomic E-state index is 14.1. The highest BCUT2D eigenvalue weighted by Gasteiger charge is 2.14. The van der Waals surface area contributed by atoms with E-state index in [1.165, 1.54) is 12.1 Å². The summed E-state index contributed by atoms with van der Waals surface area (Å²) in [7, 11) is 0. The zero-order valence-corrected chi connectivity index (χ0v) is 15.8. The van der Waals surface area contributed by atoms with Gasteiger partial charge in [0, 0.05) is 21.8 Å². The van der Waals surface area contributed by atoms with Crippen molar-refractivity contribution in [3.05, 3.63) is 59.2 Å². The molecule has 0 aromatic heterocycles. The number of halogens is 4. The van der Waals surface area contributed by atoms with E-state index >= 15 is 0 Å². The molecule has 1 nitrogen and oxygen atoms in total. The zero-order chi connectivity index (χ0) is 16.7. The van der Waals surface area contributed by atoms with E-state index in [1.807, 2.05) is 0 Å². The Morgan fingerprint density at radius 3 is 1.57 bits per heavy atom. The SMILES string of the molecule is Fc1cccc(Oc2cccc(F)c2CCCBr)c1CCCBr. The van der Waals surface area contributed by atoms with Gasteiger partial charge in [-0.3, -0.25) is 0 Å². The number of hydrogen-bond donors (Lipinski definition) is 0. The molecule has 0 aliphatic heterocycles. The number of hydrogen-bond acceptors (Lipinski definition) is 1. The van der Waals surface area contributed by atoms with Crippen molar-refractivity contribution in [2.24, 2.45) is 0 Å². The Balaban J connectivity index is 2.32. The Morgan fingerprint density at radius 2 is 1.17 bits per heavy atom. The summed E-state index contributed by atoms with van der Waals surface area (Å²) in [6, 6.07) is 9.53. The molecule has 0 atom stereocenters. The second kappa shape index (κ2) is 9.38. The predicted molar refractivity (Wildman–Crippen MR) is 97.1 cm³/mol. The highest BCUT2D eigenvalue weighted by molar-refractivity contribution is 9.09. The van der Waals surface area contributed by atoms with Gasteiger partial charge in [0.05, 0.1) is 0 Å². The van der Waals surface area contributed by atoms with Gasteiger partial charge < -0.3 is 4.74 Å². The third-order valence-corrected chi connectivity index (χ3v) is 4.61. The molecule has 0 amide bonds. The molecule has 23 heavy (non-hydrogen) atoms. The Labute approximate surface area is 152 Å². The van der Waals surface area contributed by atoms with Crippen LogP contribution in [-0.4, -0.2) is 10.7 Å². The molecule has 0 unspecified atom stereocenters. The van der Waals surface area contributed by atoms with Crippen molar-refractivity contribution < 1.29 is 13.5 Å². The standard InChI is InChI=1S/C18H18Br2F2O/c19-11-3-5-13-15(21)7-1-9-17(13)23-18-10-2-8-16(22)14(18)6-4-12-20/h1-2,7-10H,3-6,11-12H2. The first-order chi connectivity index (χ1) is 11.2. The van der Waals surface area contributed by atoms with Gasteiger partial charge in [-0.05, 0) is 49.9 Å². The molecule has 2 rings (SSSR count). The molecular weight excluding hydrogens is 430 g/mol. The van der Waals surface area contributed by atoms with E-state index in [1.54, 1.807) is 24.3 Å². The van der Waals surface area contributed by atoms with Crippen LogP contribution in [-0.2, 0) is 12.8 Å². The first-order valence-corrected chi connectivity index (χ1v) is 9.76. The number of benzene rings is 2. The summed E-state index contributed by atoms with van der Waals surface area (Å²) in [5.74, 6) is 0.331. The third kappa shape index (κ3) is 5.01. The van der Waals surface area contributed by atoms with Crippen LogP contribution in [0.5, 0.6) is 11.5 Å². The highest BCUT2D eigenvalue weighted by atomic mass is 79.9. The molecule has 2 aromatic carbocycles. The molecule has 0 N–H and O–H groups in total. The lowest BCUT2D eigenvalue weighted by Gasteiger charge is -2.15. The minimum Gasteiger partial charge on any atom is -0.457 e. The largest absolute Gasteiger partial charge is 0.457 e. The van der Waals surface area contributed by atoms with Crippen molar-refractivity contribution in [3.63, 3.8) is 0 Å². The quantitative estimate of drug-likeness (QED) is 0.424. The fourth-order valence-corrected chi connectivity index (χ4v) is 2.92. The number of rotatable bonds is 8. The second-order valence-corrected chi connectivity index (χ2v) is 6.71. The fraction of sp³-hybridized carbons (Fsp3) is 0.333. The molecule has 0 saturated carbocycles. The van der Waals surface area contributed by atoms with Crippen LogP contribution in [0.25, 0.3) is 0 Å². The molecule has 5 heteroatoms. The van der Waals surface area contributed by atoms with Gasteiger partial charge in [-0.2, -0.15) is 0 Å². The van der Waals surface area contributed by atoms with Gasteiger partial charge in [-0.25, -0.2) is 8.78 Å². The van der Waals surface area contributed by atoms with Gasteiger partial charge in [0.15, 0.2) is 0 Å². The first kappa shape index (κ1) is 18.4. The Kier molecular flexibility index (Phi) is 7.50. The summed E-state index contributed by atoms with van der Waals surface area (Å²) in [6.07, 6.45) is 2.74. The summed E-state index contributed by atoms with van der Waals surface area (Å²) in [4.78, 5) is 0. The molecule has 0 spiro atoms. The normalized spacial score (nSPS) is 10.8. The molecule has 0 heterocycles. The van der Waals surface area contributed by atoms with Gasteiger partial charge in [-0.1, -0.05) is 44.0 Å². The third-order valence-electron chi connectivity index (χ3n) is 3.49. The van der Waals surface area contributed by atoms with Crippen LogP contribution in [0.1, 0.15) is 24.0 Å². The van der Waals surface area contributed by atoms with Gasteiger partial charge in [-0.15, -0.1) is 0 Å². The van der Waals surface area contributed by atoms with Crippen molar-refractivity contribution in [2.45, 2.75) is 25.7 Å². The minimum absolute atomic E-state index is 0.290. The zero-order valence-electron chi connectivity index (χ0n) is 12.6. The maximum absolute atomic E-state index is 14.1. The lowest BCUT2D eigenvalue weighted by Crippen LogP contribution is -2.00. The summed E-state index contributed by atoms with van der Waals surface area (Å²) >= 11 is 6.71. The average molecular weight is 448 g/mol. The molecule has 0 saturated heterocycles. The van der Waals surface area contributed by atoms with E-state index in [0.29, 0.717) is 35.5 Å². The van der Waals surface area contributed by atoms with Crippen molar-refractivity contribution >= 4 is 31.9 Å². The summed E-state index contributed by atoms with van der Waals surface area (Å²) in [6.45, 7) is 0. The van der Waals surface area contributed by atoms with Crippen molar-refractivity contribution in [2.75, 3.05) is 10.7 Å². The predicted octanol–water partition coefficient (Wildman–Crippen LogP) is 6.41. The Bertz CT molecular complexity index is 591. The molecule has 2 aromatic rings. The smallest absolute Gasteiger partial charge is 0.133 e. The molecule has 0 bridgehead atoms. The van der Waals surface area contributed by atoms with E-state index in [9.17, 15) is 8.78 Å². The monoisotopic (exact) mass is 446 g/mol. The average Bonchev–Trinajstić information content (AvgIpc) is 2.54. The Hall–Kier alpha value is -0.940. The fourth-order valence-electron chi connectivity index (χ4n) is 2.36. The Morgan fingerprint density at radius 1 is 0.739 bits per heavy atom. The van der Waals surface area contributed by atoms with Gasteiger partial charge in [0.1, 0.15) is 23.1 Å². The van der Waals surface area contributed by atoms with Gasteiger partial charge >= 0.3 is 0 Å². The van der Waals surface area contributed by atoms with E-state index in [0.717, 1.165) is 23.5 Å². The molecule has 0 aliphatic rings. The number of alkyl halides is 2. The van der Waals surface area contributed by atoms with Crippen LogP contribution in [0.2, 0.25) is 0 Å². The van der Waals surface area contributed by atoms with E-state index < -0.39 is 0 Å². The van der Waals surface area contributed by atoms with E-state index in [4.69, 9.17) is 4.74 Å².